The first-order valence-corrected chi connectivity index (χ1v) is 10.7. The number of carbonyl (C=O) groups is 2. The molecule has 11 nitrogen and oxygen atoms in total. The minimum Gasteiger partial charge on any atom is -0.507 e. The average Bonchev–Trinajstić information content (AvgIpc) is 2.90. The molecule has 0 saturated heterocycles. The minimum atomic E-state index is -0.584. The highest BCUT2D eigenvalue weighted by Crippen LogP contribution is 2.23. The molecule has 0 fully saturated rings. The van der Waals surface area contributed by atoms with Crippen molar-refractivity contribution in [1.29, 1.82) is 0 Å². The van der Waals surface area contributed by atoms with Crippen molar-refractivity contribution in [3.8, 4) is 22.9 Å². The lowest BCUT2D eigenvalue weighted by Crippen LogP contribution is -2.21. The van der Waals surface area contributed by atoms with Crippen molar-refractivity contribution in [3.63, 3.8) is 0 Å². The number of aromatic nitrogens is 2. The molecule has 0 bridgehead atoms. The second kappa shape index (κ2) is 12.3. The number of carbonyl (C=O) groups excluding carboxylic acids is 2. The van der Waals surface area contributed by atoms with Crippen LogP contribution in [-0.4, -0.2) is 49.9 Å². The molecule has 0 radical (unpaired) electrons. The quantitative estimate of drug-likeness (QED) is 0.224. The molecule has 0 aliphatic carbocycles. The molecule has 2 aromatic heterocycles. The summed E-state index contributed by atoms with van der Waals surface area (Å²) in [4.78, 5) is 34.2. The maximum absolute atomic E-state index is 12.9. The van der Waals surface area contributed by atoms with E-state index in [9.17, 15) is 19.8 Å². The number of aromatic hydroxyl groups is 2. The Morgan fingerprint density at radius 2 is 1.05 bits per heavy atom. The highest BCUT2D eigenvalue weighted by molar-refractivity contribution is 6.05. The van der Waals surface area contributed by atoms with Crippen molar-refractivity contribution >= 4 is 24.2 Å². The van der Waals surface area contributed by atoms with E-state index in [0.717, 1.165) is 0 Å². The summed E-state index contributed by atoms with van der Waals surface area (Å²) < 4.78 is 0. The first-order valence-electron chi connectivity index (χ1n) is 10.7. The molecule has 2 heterocycles. The zero-order chi connectivity index (χ0) is 25.3. The van der Waals surface area contributed by atoms with E-state index in [-0.39, 0.29) is 39.5 Å². The summed E-state index contributed by atoms with van der Waals surface area (Å²) in [5.74, 6) is -1.13. The van der Waals surface area contributed by atoms with Crippen LogP contribution in [0.25, 0.3) is 11.4 Å². The van der Waals surface area contributed by atoms with E-state index < -0.39 is 11.8 Å². The number of benzene rings is 2. The van der Waals surface area contributed by atoms with Gasteiger partial charge in [-0.1, -0.05) is 24.3 Å². The average molecular weight is 498 g/mol. The van der Waals surface area contributed by atoms with Crippen LogP contribution in [0.15, 0.2) is 95.4 Å². The minimum absolute atomic E-state index is 0. The predicted octanol–water partition coefficient (Wildman–Crippen LogP) is 2.26. The van der Waals surface area contributed by atoms with Gasteiger partial charge in [-0.2, -0.15) is 10.2 Å². The Labute approximate surface area is 211 Å². The molecule has 2 aromatic carbocycles. The first-order chi connectivity index (χ1) is 17.5. The topological polar surface area (TPSA) is 181 Å². The van der Waals surface area contributed by atoms with Crippen molar-refractivity contribution in [2.75, 3.05) is 0 Å². The molecular weight excluding hydrogens is 476 g/mol. The molecule has 0 spiro atoms. The van der Waals surface area contributed by atoms with E-state index in [1.165, 1.54) is 49.1 Å². The second-order valence-electron chi connectivity index (χ2n) is 7.32. The lowest BCUT2D eigenvalue weighted by molar-refractivity contribution is 0.0945. The van der Waals surface area contributed by atoms with Crippen molar-refractivity contribution in [3.05, 3.63) is 107 Å². The number of amides is 2. The third-order valence-corrected chi connectivity index (χ3v) is 4.94. The highest BCUT2D eigenvalue weighted by atomic mass is 16.3. The summed E-state index contributed by atoms with van der Waals surface area (Å²) in [5, 5.41) is 27.4. The molecule has 0 saturated carbocycles. The van der Waals surface area contributed by atoms with Crippen LogP contribution in [0.5, 0.6) is 11.5 Å². The Morgan fingerprint density at radius 3 is 1.46 bits per heavy atom. The summed E-state index contributed by atoms with van der Waals surface area (Å²) in [6.07, 6.45) is 5.57. The van der Waals surface area contributed by atoms with Crippen LogP contribution < -0.4 is 10.9 Å². The van der Waals surface area contributed by atoms with Crippen molar-refractivity contribution in [1.82, 2.24) is 20.8 Å². The fourth-order valence-corrected chi connectivity index (χ4v) is 3.19. The molecule has 2 amide bonds. The standard InChI is InChI=1S/C26H20N6O4.H2O/c33-21-11-3-1-7-17(21)15-29-31-25(35)19-9-5-13-27-23(19)24-20(10-6-14-28-24)26(36)32-30-16-18-8-2-4-12-22(18)34;/h1-16,33-34H,(H,31,35)(H,32,36);1H2/b29-15+,30-16+;. The van der Waals surface area contributed by atoms with Crippen molar-refractivity contribution in [2.45, 2.75) is 0 Å². The van der Waals surface area contributed by atoms with Crippen LogP contribution in [0.4, 0.5) is 0 Å². The van der Waals surface area contributed by atoms with Crippen LogP contribution in [0, 0.1) is 0 Å². The van der Waals surface area contributed by atoms with Gasteiger partial charge in [0.1, 0.15) is 22.9 Å². The molecule has 6 N–H and O–H groups in total. The van der Waals surface area contributed by atoms with Crippen LogP contribution in [0.1, 0.15) is 31.8 Å². The van der Waals surface area contributed by atoms with Gasteiger partial charge in [-0.15, -0.1) is 0 Å². The van der Waals surface area contributed by atoms with E-state index in [2.05, 4.69) is 31.0 Å². The van der Waals surface area contributed by atoms with Gasteiger partial charge >= 0.3 is 0 Å². The lowest BCUT2D eigenvalue weighted by Gasteiger charge is -2.10. The monoisotopic (exact) mass is 498 g/mol. The summed E-state index contributed by atoms with van der Waals surface area (Å²) in [7, 11) is 0. The Morgan fingerprint density at radius 1 is 0.649 bits per heavy atom. The molecule has 4 rings (SSSR count). The molecule has 0 atom stereocenters. The number of hydrazone groups is 2. The summed E-state index contributed by atoms with van der Waals surface area (Å²) >= 11 is 0. The van der Waals surface area contributed by atoms with E-state index >= 15 is 0 Å². The zero-order valence-electron chi connectivity index (χ0n) is 19.2. The highest BCUT2D eigenvalue weighted by Gasteiger charge is 2.20. The Balaban J connectivity index is 0.00000380. The number of nitrogens with zero attached hydrogens (tertiary/aromatic N) is 4. The molecule has 0 unspecified atom stereocenters. The number of hydrogen-bond donors (Lipinski definition) is 4. The Bertz CT molecular complexity index is 1360. The van der Waals surface area contributed by atoms with Gasteiger partial charge in [0.15, 0.2) is 0 Å². The third-order valence-electron chi connectivity index (χ3n) is 4.94. The van der Waals surface area contributed by atoms with Gasteiger partial charge in [-0.3, -0.25) is 19.6 Å². The number of pyridine rings is 2. The molecule has 0 aliphatic heterocycles. The lowest BCUT2D eigenvalue weighted by atomic mass is 10.1. The van der Waals surface area contributed by atoms with Gasteiger partial charge < -0.3 is 15.7 Å². The zero-order valence-corrected chi connectivity index (χ0v) is 19.2. The molecule has 0 aliphatic rings. The van der Waals surface area contributed by atoms with E-state index in [4.69, 9.17) is 0 Å². The maximum atomic E-state index is 12.9. The number of hydrogen-bond acceptors (Lipinski definition) is 8. The van der Waals surface area contributed by atoms with Crippen molar-refractivity contribution in [2.24, 2.45) is 10.2 Å². The van der Waals surface area contributed by atoms with E-state index in [1.54, 1.807) is 48.5 Å². The number of phenols is 2. The van der Waals surface area contributed by atoms with Crippen LogP contribution >= 0.6 is 0 Å². The van der Waals surface area contributed by atoms with E-state index in [1.807, 2.05) is 0 Å². The van der Waals surface area contributed by atoms with Gasteiger partial charge in [-0.25, -0.2) is 10.9 Å². The summed E-state index contributed by atoms with van der Waals surface area (Å²) in [6.45, 7) is 0. The Hall–Kier alpha value is -5.42. The van der Waals surface area contributed by atoms with Crippen LogP contribution in [-0.2, 0) is 0 Å². The second-order valence-corrected chi connectivity index (χ2v) is 7.32. The van der Waals surface area contributed by atoms with Gasteiger partial charge in [-0.05, 0) is 48.5 Å². The first kappa shape index (κ1) is 26.2. The van der Waals surface area contributed by atoms with E-state index in [0.29, 0.717) is 11.1 Å². The van der Waals surface area contributed by atoms with Crippen molar-refractivity contribution < 1.29 is 25.3 Å². The number of nitrogens with one attached hydrogen (secondary N) is 2. The SMILES string of the molecule is O.O=C(N/N=C/c1ccccc1O)c1cccnc1-c1ncccc1C(=O)N/N=C/c1ccccc1O. The molecular formula is C26H22N6O5. The van der Waals surface area contributed by atoms with Gasteiger partial charge in [0.2, 0.25) is 0 Å². The largest absolute Gasteiger partial charge is 0.507 e. The molecule has 4 aromatic rings. The van der Waals surface area contributed by atoms with Gasteiger partial charge in [0.05, 0.1) is 23.6 Å². The maximum Gasteiger partial charge on any atom is 0.273 e. The number of para-hydroxylation sites is 2. The molecule has 37 heavy (non-hydrogen) atoms. The van der Waals surface area contributed by atoms with Gasteiger partial charge in [0.25, 0.3) is 11.8 Å². The third kappa shape index (κ3) is 6.38. The summed E-state index contributed by atoms with van der Waals surface area (Å²) in [5.41, 5.74) is 6.26. The molecule has 186 valence electrons. The van der Waals surface area contributed by atoms with Crippen LogP contribution in [0.3, 0.4) is 0 Å². The fraction of sp³-hybridized carbons (Fsp3) is 0. The van der Waals surface area contributed by atoms with Crippen LogP contribution in [0.2, 0.25) is 0 Å². The van der Waals surface area contributed by atoms with Gasteiger partial charge in [0, 0.05) is 23.5 Å². The number of phenolic OH excluding ortho intramolecular Hbond substituents is 2. The summed E-state index contributed by atoms with van der Waals surface area (Å²) in [6, 6.07) is 19.3. The smallest absolute Gasteiger partial charge is 0.273 e. The molecule has 11 heteroatoms. The normalized spacial score (nSPS) is 10.7. The predicted molar refractivity (Wildman–Crippen MR) is 137 cm³/mol. The fourth-order valence-electron chi connectivity index (χ4n) is 3.19. The Kier molecular flexibility index (Phi) is 8.73. The number of rotatable bonds is 7.